The molecule has 70 valence electrons. The number of rotatable bonds is 1. The van der Waals surface area contributed by atoms with E-state index in [0.717, 1.165) is 10.4 Å². The van der Waals surface area contributed by atoms with Crippen LogP contribution in [0.25, 0.3) is 11.3 Å². The van der Waals surface area contributed by atoms with E-state index in [1.165, 1.54) is 5.57 Å². The molecule has 1 aromatic carbocycles. The number of aliphatic hydroxyl groups is 1. The number of benzene rings is 1. The molecule has 0 aliphatic rings. The number of hydrogen-bond acceptors (Lipinski definition) is 1. The third-order valence-electron chi connectivity index (χ3n) is 2.11. The van der Waals surface area contributed by atoms with Crippen LogP contribution in [0.5, 0.6) is 0 Å². The summed E-state index contributed by atoms with van der Waals surface area (Å²) in [5, 5.41) is 11.8. The number of hydrogen-bond donors (Lipinski definition) is 1. The fourth-order valence-electron chi connectivity index (χ4n) is 1.36. The monoisotopic (exact) mass is 176 g/mol. The summed E-state index contributed by atoms with van der Waals surface area (Å²) in [6.45, 7) is 6.07. The molecule has 0 heterocycles. The van der Waals surface area contributed by atoms with Gasteiger partial charge in [0.25, 0.3) is 0 Å². The van der Waals surface area contributed by atoms with Crippen LogP contribution in [-0.2, 0) is 0 Å². The first-order valence-electron chi connectivity index (χ1n) is 4.61. The Balaban J connectivity index is 3.66. The molecule has 0 unspecified atom stereocenters. The van der Waals surface area contributed by atoms with Gasteiger partial charge in [-0.2, -0.15) is 0 Å². The Morgan fingerprint density at radius 3 is 2.15 bits per heavy atom. The van der Waals surface area contributed by atoms with Crippen LogP contribution < -0.4 is 10.4 Å². The lowest BCUT2D eigenvalue weighted by Crippen LogP contribution is -2.27. The molecule has 0 saturated heterocycles. The molecule has 1 nitrogen and oxygen atoms in total. The van der Waals surface area contributed by atoms with Crippen molar-refractivity contribution in [2.45, 2.75) is 27.2 Å². The van der Waals surface area contributed by atoms with Gasteiger partial charge in [-0.25, -0.2) is 0 Å². The van der Waals surface area contributed by atoms with E-state index in [2.05, 4.69) is 13.8 Å². The standard InChI is InChI=1S/C12H16O/c1-4-12(13)11-8-6-5-7-10(11)9(2)3/h5-8,13H,4H2,1-3H3/b12-11+. The van der Waals surface area contributed by atoms with Gasteiger partial charge in [0.05, 0.1) is 5.76 Å². The highest BCUT2D eigenvalue weighted by Gasteiger charge is 1.93. The molecule has 1 heteroatoms. The molecule has 0 aliphatic carbocycles. The highest BCUT2D eigenvalue weighted by molar-refractivity contribution is 5.44. The summed E-state index contributed by atoms with van der Waals surface area (Å²) in [5.74, 6) is 0.469. The summed E-state index contributed by atoms with van der Waals surface area (Å²) in [4.78, 5) is 0. The van der Waals surface area contributed by atoms with E-state index in [1.54, 1.807) is 0 Å². The molecule has 0 spiro atoms. The Kier molecular flexibility index (Phi) is 3.13. The van der Waals surface area contributed by atoms with Gasteiger partial charge in [-0.1, -0.05) is 36.8 Å². The molecule has 0 aliphatic heterocycles. The molecule has 0 bridgehead atoms. The Hall–Kier alpha value is -1.24. The Bertz CT molecular complexity index is 397. The van der Waals surface area contributed by atoms with Gasteiger partial charge in [-0.3, -0.25) is 0 Å². The molecule has 0 radical (unpaired) electrons. The van der Waals surface area contributed by atoms with Gasteiger partial charge in [0, 0.05) is 11.6 Å². The Labute approximate surface area is 79.0 Å². The minimum absolute atomic E-state index is 0.469. The fraction of sp³-hybridized carbons (Fsp3) is 0.333. The van der Waals surface area contributed by atoms with Crippen LogP contribution in [-0.4, -0.2) is 5.11 Å². The Morgan fingerprint density at radius 1 is 1.15 bits per heavy atom. The average Bonchev–Trinajstić information content (AvgIpc) is 2.16. The van der Waals surface area contributed by atoms with Crippen molar-refractivity contribution in [3.63, 3.8) is 0 Å². The molecule has 1 aromatic rings. The van der Waals surface area contributed by atoms with Crippen LogP contribution in [0.15, 0.2) is 24.3 Å². The molecular formula is C12H16O. The van der Waals surface area contributed by atoms with Gasteiger partial charge in [0.15, 0.2) is 0 Å². The molecular weight excluding hydrogens is 160 g/mol. The van der Waals surface area contributed by atoms with Crippen molar-refractivity contribution in [3.8, 4) is 0 Å². The lowest BCUT2D eigenvalue weighted by molar-refractivity contribution is 0.483. The minimum Gasteiger partial charge on any atom is -0.512 e. The maximum Gasteiger partial charge on any atom is 0.0997 e. The summed E-state index contributed by atoms with van der Waals surface area (Å²) in [7, 11) is 0. The average molecular weight is 176 g/mol. The van der Waals surface area contributed by atoms with Gasteiger partial charge < -0.3 is 5.11 Å². The first-order valence-corrected chi connectivity index (χ1v) is 4.61. The van der Waals surface area contributed by atoms with Crippen LogP contribution in [0.1, 0.15) is 27.2 Å². The van der Waals surface area contributed by atoms with Crippen LogP contribution >= 0.6 is 0 Å². The highest BCUT2D eigenvalue weighted by Crippen LogP contribution is 1.91. The molecule has 0 aromatic heterocycles. The van der Waals surface area contributed by atoms with E-state index in [0.29, 0.717) is 12.2 Å². The maximum absolute atomic E-state index is 9.66. The zero-order valence-electron chi connectivity index (χ0n) is 8.46. The van der Waals surface area contributed by atoms with Crippen LogP contribution in [0.3, 0.4) is 0 Å². The SMILES string of the molecule is CC/C(O)=c1/ccccc1=C(C)C. The highest BCUT2D eigenvalue weighted by atomic mass is 16.3. The first kappa shape index (κ1) is 9.85. The van der Waals surface area contributed by atoms with E-state index in [-0.39, 0.29) is 0 Å². The van der Waals surface area contributed by atoms with E-state index < -0.39 is 0 Å². The van der Waals surface area contributed by atoms with Crippen LogP contribution in [0.4, 0.5) is 0 Å². The Morgan fingerprint density at radius 2 is 1.69 bits per heavy atom. The molecule has 13 heavy (non-hydrogen) atoms. The first-order chi connectivity index (χ1) is 6.16. The van der Waals surface area contributed by atoms with E-state index >= 15 is 0 Å². The normalized spacial score (nSPS) is 12.5. The lowest BCUT2D eigenvalue weighted by atomic mass is 10.1. The van der Waals surface area contributed by atoms with Crippen molar-refractivity contribution < 1.29 is 5.11 Å². The smallest absolute Gasteiger partial charge is 0.0997 e. The van der Waals surface area contributed by atoms with Gasteiger partial charge in [0.1, 0.15) is 0 Å². The second-order valence-corrected chi connectivity index (χ2v) is 3.35. The van der Waals surface area contributed by atoms with Crippen molar-refractivity contribution in [2.24, 2.45) is 0 Å². The largest absolute Gasteiger partial charge is 0.512 e. The van der Waals surface area contributed by atoms with Crippen LogP contribution in [0, 0.1) is 0 Å². The van der Waals surface area contributed by atoms with E-state index in [1.807, 2.05) is 31.2 Å². The van der Waals surface area contributed by atoms with Crippen molar-refractivity contribution in [3.05, 3.63) is 34.7 Å². The third kappa shape index (κ3) is 2.11. The molecule has 1 rings (SSSR count). The van der Waals surface area contributed by atoms with Crippen molar-refractivity contribution in [2.75, 3.05) is 0 Å². The molecule has 0 atom stereocenters. The second kappa shape index (κ2) is 4.13. The molecule has 1 N–H and O–H groups in total. The molecule has 0 saturated carbocycles. The summed E-state index contributed by atoms with van der Waals surface area (Å²) < 4.78 is 0. The summed E-state index contributed by atoms with van der Waals surface area (Å²) in [6, 6.07) is 7.94. The van der Waals surface area contributed by atoms with Crippen molar-refractivity contribution >= 4 is 11.3 Å². The predicted molar refractivity (Wildman–Crippen MR) is 56.8 cm³/mol. The van der Waals surface area contributed by atoms with E-state index in [4.69, 9.17) is 0 Å². The van der Waals surface area contributed by atoms with Crippen molar-refractivity contribution in [1.82, 2.24) is 0 Å². The zero-order chi connectivity index (χ0) is 9.84. The molecule has 0 amide bonds. The van der Waals surface area contributed by atoms with Crippen molar-refractivity contribution in [1.29, 1.82) is 0 Å². The summed E-state index contributed by atoms with van der Waals surface area (Å²) in [5.41, 5.74) is 1.23. The maximum atomic E-state index is 9.66. The van der Waals surface area contributed by atoms with E-state index in [9.17, 15) is 5.11 Å². The summed E-state index contributed by atoms with van der Waals surface area (Å²) in [6.07, 6.45) is 0.685. The van der Waals surface area contributed by atoms with Crippen LogP contribution in [0.2, 0.25) is 0 Å². The van der Waals surface area contributed by atoms with Gasteiger partial charge in [-0.15, -0.1) is 0 Å². The van der Waals surface area contributed by atoms with Gasteiger partial charge >= 0.3 is 0 Å². The fourth-order valence-corrected chi connectivity index (χ4v) is 1.36. The topological polar surface area (TPSA) is 20.2 Å². The van der Waals surface area contributed by atoms with Gasteiger partial charge in [0.2, 0.25) is 0 Å². The lowest BCUT2D eigenvalue weighted by Gasteiger charge is -1.97. The number of aliphatic hydroxyl groups excluding tert-OH is 1. The minimum atomic E-state index is 0.469. The quantitative estimate of drug-likeness (QED) is 0.693. The summed E-state index contributed by atoms with van der Waals surface area (Å²) >= 11 is 0. The zero-order valence-corrected chi connectivity index (χ0v) is 8.46. The predicted octanol–water partition coefficient (Wildman–Crippen LogP) is 1.95. The second-order valence-electron chi connectivity index (χ2n) is 3.35. The van der Waals surface area contributed by atoms with Gasteiger partial charge in [-0.05, 0) is 19.1 Å². The molecule has 0 fully saturated rings. The third-order valence-corrected chi connectivity index (χ3v) is 2.11.